The lowest BCUT2D eigenvalue weighted by Crippen LogP contribution is -2.18. The van der Waals surface area contributed by atoms with Gasteiger partial charge >= 0.3 is 6.36 Å². The van der Waals surface area contributed by atoms with Crippen molar-refractivity contribution in [2.45, 2.75) is 24.7 Å². The summed E-state index contributed by atoms with van der Waals surface area (Å²) >= 11 is 6.01. The van der Waals surface area contributed by atoms with E-state index in [-0.39, 0.29) is 28.0 Å². The lowest BCUT2D eigenvalue weighted by molar-refractivity contribution is -0.274. The van der Waals surface area contributed by atoms with Crippen molar-refractivity contribution in [1.29, 1.82) is 0 Å². The van der Waals surface area contributed by atoms with Crippen molar-refractivity contribution in [3.05, 3.63) is 83.0 Å². The van der Waals surface area contributed by atoms with Crippen LogP contribution in [0.1, 0.15) is 11.1 Å². The Kier molecular flexibility index (Phi) is 8.14. The molecule has 4 rings (SSSR count). The average molecular weight is 560 g/mol. The number of rotatable bonds is 7. The molecule has 192 valence electrons. The Morgan fingerprint density at radius 1 is 1.06 bits per heavy atom. The Hall–Kier alpha value is -2.92. The molecule has 0 spiro atoms. The lowest BCUT2D eigenvalue weighted by Gasteiger charge is -2.16. The highest BCUT2D eigenvalue weighted by atomic mass is 35.5. The normalized spacial score (nSPS) is 11.8. The van der Waals surface area contributed by atoms with Gasteiger partial charge in [0.2, 0.25) is 0 Å². The predicted octanol–water partition coefficient (Wildman–Crippen LogP) is 6.62. The number of anilines is 2. The second-order valence-corrected chi connectivity index (χ2v) is 10.1. The van der Waals surface area contributed by atoms with E-state index in [0.717, 1.165) is 9.54 Å². The summed E-state index contributed by atoms with van der Waals surface area (Å²) in [5.74, 6) is -0.393. The summed E-state index contributed by atoms with van der Waals surface area (Å²) in [5, 5.41) is 6.87. The molecular formula is C24H22Cl2F3N3O3S. The maximum atomic E-state index is 13.5. The molecule has 0 bridgehead atoms. The van der Waals surface area contributed by atoms with Crippen LogP contribution in [0.2, 0.25) is 5.02 Å². The fraction of sp³-hybridized carbons (Fsp3) is 0.167. The smallest absolute Gasteiger partial charge is 0.404 e. The maximum absolute atomic E-state index is 13.5. The number of fused-ring (bicyclic) bond motifs is 1. The highest BCUT2D eigenvalue weighted by Crippen LogP contribution is 2.35. The average Bonchev–Trinajstić information content (AvgIpc) is 3.13. The molecule has 12 heteroatoms. The molecule has 0 atom stereocenters. The van der Waals surface area contributed by atoms with E-state index in [1.807, 2.05) is 0 Å². The molecular weight excluding hydrogens is 538 g/mol. The van der Waals surface area contributed by atoms with E-state index < -0.39 is 22.1 Å². The second-order valence-electron chi connectivity index (χ2n) is 7.85. The van der Waals surface area contributed by atoms with Gasteiger partial charge in [-0.15, -0.1) is 25.6 Å². The summed E-state index contributed by atoms with van der Waals surface area (Å²) in [5.41, 5.74) is 2.13. The van der Waals surface area contributed by atoms with Crippen LogP contribution in [0, 0.1) is 6.92 Å². The van der Waals surface area contributed by atoms with Crippen LogP contribution in [-0.4, -0.2) is 25.8 Å². The number of hydrogen-bond acceptors (Lipinski definition) is 5. The van der Waals surface area contributed by atoms with Crippen LogP contribution < -0.4 is 15.4 Å². The first-order valence-electron chi connectivity index (χ1n) is 10.4. The van der Waals surface area contributed by atoms with Gasteiger partial charge in [0.1, 0.15) is 0 Å². The Morgan fingerprint density at radius 2 is 1.81 bits per heavy atom. The van der Waals surface area contributed by atoms with Crippen molar-refractivity contribution in [1.82, 2.24) is 9.29 Å². The van der Waals surface area contributed by atoms with Crippen molar-refractivity contribution in [3.8, 4) is 5.75 Å². The first-order valence-corrected chi connectivity index (χ1v) is 12.2. The van der Waals surface area contributed by atoms with E-state index in [1.54, 1.807) is 50.4 Å². The first kappa shape index (κ1) is 27.7. The van der Waals surface area contributed by atoms with E-state index in [4.69, 9.17) is 11.6 Å². The minimum absolute atomic E-state index is 0. The minimum Gasteiger partial charge on any atom is -0.404 e. The number of nitrogens with zero attached hydrogens (tertiary/aromatic N) is 1. The Balaban J connectivity index is 0.00000361. The maximum Gasteiger partial charge on any atom is 0.573 e. The standard InChI is InChI=1S/C24H21ClF3N3O3S.ClH/c1-15-6-9-21(23(10-15)34-24(26,27)28)30-18-7-8-20-16(13-29-2)14-31(22(20)12-18)35(32,33)19-5-3-4-17(25)11-19;/h3-12,14,29-30H,13H2,1-2H3;1H. The molecule has 3 aromatic carbocycles. The number of hydrogen-bond donors (Lipinski definition) is 2. The molecule has 4 aromatic rings. The fourth-order valence-corrected chi connectivity index (χ4v) is 5.40. The topological polar surface area (TPSA) is 72.4 Å². The van der Waals surface area contributed by atoms with E-state index in [1.165, 1.54) is 30.5 Å². The van der Waals surface area contributed by atoms with Crippen LogP contribution in [0.5, 0.6) is 5.75 Å². The van der Waals surface area contributed by atoms with Crippen molar-refractivity contribution in [2.75, 3.05) is 12.4 Å². The molecule has 0 unspecified atom stereocenters. The summed E-state index contributed by atoms with van der Waals surface area (Å²) in [6.07, 6.45) is -3.35. The Labute approximate surface area is 217 Å². The number of halogens is 5. The van der Waals surface area contributed by atoms with Crippen molar-refractivity contribution >= 4 is 56.3 Å². The van der Waals surface area contributed by atoms with Gasteiger partial charge in [-0.1, -0.05) is 29.8 Å². The zero-order valence-electron chi connectivity index (χ0n) is 19.1. The molecule has 0 radical (unpaired) electrons. The van der Waals surface area contributed by atoms with Crippen molar-refractivity contribution in [3.63, 3.8) is 0 Å². The van der Waals surface area contributed by atoms with E-state index in [2.05, 4.69) is 15.4 Å². The first-order chi connectivity index (χ1) is 16.5. The zero-order valence-corrected chi connectivity index (χ0v) is 21.4. The second kappa shape index (κ2) is 10.6. The van der Waals surface area contributed by atoms with Gasteiger partial charge in [0.05, 0.1) is 16.1 Å². The van der Waals surface area contributed by atoms with Crippen LogP contribution in [-0.2, 0) is 16.6 Å². The molecule has 0 aliphatic carbocycles. The summed E-state index contributed by atoms with van der Waals surface area (Å²) in [7, 11) is -2.27. The highest BCUT2D eigenvalue weighted by Gasteiger charge is 2.32. The van der Waals surface area contributed by atoms with Gasteiger partial charge in [-0.05, 0) is 67.6 Å². The predicted molar refractivity (Wildman–Crippen MR) is 137 cm³/mol. The minimum atomic E-state index is -4.87. The van der Waals surface area contributed by atoms with Gasteiger partial charge in [0, 0.05) is 28.8 Å². The van der Waals surface area contributed by atoms with Gasteiger partial charge in [0.25, 0.3) is 10.0 Å². The van der Waals surface area contributed by atoms with Crippen LogP contribution in [0.4, 0.5) is 24.5 Å². The summed E-state index contributed by atoms with van der Waals surface area (Å²) in [6, 6.07) is 15.2. The molecule has 1 aromatic heterocycles. The van der Waals surface area contributed by atoms with Crippen LogP contribution in [0.3, 0.4) is 0 Å². The number of nitrogens with one attached hydrogen (secondary N) is 2. The van der Waals surface area contributed by atoms with E-state index >= 15 is 0 Å². The van der Waals surface area contributed by atoms with Crippen LogP contribution >= 0.6 is 24.0 Å². The van der Waals surface area contributed by atoms with E-state index in [0.29, 0.717) is 28.7 Å². The van der Waals surface area contributed by atoms with Gasteiger partial charge < -0.3 is 15.4 Å². The lowest BCUT2D eigenvalue weighted by atomic mass is 10.1. The number of benzene rings is 3. The Bertz CT molecular complexity index is 1510. The molecule has 36 heavy (non-hydrogen) atoms. The molecule has 0 aliphatic heterocycles. The largest absolute Gasteiger partial charge is 0.573 e. The molecule has 0 amide bonds. The SMILES string of the molecule is CNCc1cn(S(=O)(=O)c2cccc(Cl)c2)c2cc(Nc3ccc(C)cc3OC(F)(F)F)ccc12.Cl. The van der Waals surface area contributed by atoms with Gasteiger partial charge in [-0.3, -0.25) is 0 Å². The summed E-state index contributed by atoms with van der Waals surface area (Å²) < 4.78 is 71.0. The van der Waals surface area contributed by atoms with E-state index in [9.17, 15) is 21.6 Å². The highest BCUT2D eigenvalue weighted by molar-refractivity contribution is 7.90. The quantitative estimate of drug-likeness (QED) is 0.266. The molecule has 0 fully saturated rings. The molecule has 0 saturated carbocycles. The molecule has 2 N–H and O–H groups in total. The third kappa shape index (κ3) is 5.89. The number of ether oxygens (including phenoxy) is 1. The number of aryl methyl sites for hydroxylation is 1. The van der Waals surface area contributed by atoms with Gasteiger partial charge in [-0.25, -0.2) is 12.4 Å². The van der Waals surface area contributed by atoms with Gasteiger partial charge in [0.15, 0.2) is 5.75 Å². The molecule has 0 aliphatic rings. The van der Waals surface area contributed by atoms with Crippen LogP contribution in [0.15, 0.2) is 71.8 Å². The molecule has 6 nitrogen and oxygen atoms in total. The Morgan fingerprint density at radius 3 is 2.47 bits per heavy atom. The third-order valence-electron chi connectivity index (χ3n) is 5.22. The monoisotopic (exact) mass is 559 g/mol. The number of alkyl halides is 3. The molecule has 1 heterocycles. The van der Waals surface area contributed by atoms with Crippen molar-refractivity contribution in [2.24, 2.45) is 0 Å². The van der Waals surface area contributed by atoms with Crippen LogP contribution in [0.25, 0.3) is 10.9 Å². The summed E-state index contributed by atoms with van der Waals surface area (Å²) in [6.45, 7) is 2.05. The van der Waals surface area contributed by atoms with Gasteiger partial charge in [-0.2, -0.15) is 0 Å². The van der Waals surface area contributed by atoms with Crippen molar-refractivity contribution < 1.29 is 26.3 Å². The fourth-order valence-electron chi connectivity index (χ4n) is 3.71. The number of aromatic nitrogens is 1. The zero-order chi connectivity index (χ0) is 25.4. The summed E-state index contributed by atoms with van der Waals surface area (Å²) in [4.78, 5) is 0.00988. The molecule has 0 saturated heterocycles. The third-order valence-corrected chi connectivity index (χ3v) is 7.12.